The van der Waals surface area contributed by atoms with Crippen LogP contribution in [0.5, 0.6) is 0 Å². The van der Waals surface area contributed by atoms with E-state index in [1.165, 1.54) is 6.42 Å². The summed E-state index contributed by atoms with van der Waals surface area (Å²) < 4.78 is 0. The average molecular weight is 263 g/mol. The van der Waals surface area contributed by atoms with Gasteiger partial charge in [-0.15, -0.1) is 11.8 Å². The SMILES string of the molecule is CSc1ccccc1C(=O)N1C[C@H](C)C[C@@H](C)C1. The zero-order valence-corrected chi connectivity index (χ0v) is 12.2. The topological polar surface area (TPSA) is 20.3 Å². The summed E-state index contributed by atoms with van der Waals surface area (Å²) in [5.74, 6) is 1.41. The molecule has 1 fully saturated rings. The summed E-state index contributed by atoms with van der Waals surface area (Å²) in [6.45, 7) is 6.25. The Morgan fingerprint density at radius 3 is 2.44 bits per heavy atom. The summed E-state index contributed by atoms with van der Waals surface area (Å²) in [6, 6.07) is 7.90. The van der Waals surface area contributed by atoms with E-state index in [1.807, 2.05) is 35.4 Å². The predicted molar refractivity (Wildman–Crippen MR) is 77.1 cm³/mol. The quantitative estimate of drug-likeness (QED) is 0.761. The monoisotopic (exact) mass is 263 g/mol. The number of hydrogen-bond acceptors (Lipinski definition) is 2. The molecular weight excluding hydrogens is 242 g/mol. The molecule has 98 valence electrons. The van der Waals surface area contributed by atoms with Gasteiger partial charge >= 0.3 is 0 Å². The van der Waals surface area contributed by atoms with Gasteiger partial charge in [0.25, 0.3) is 5.91 Å². The van der Waals surface area contributed by atoms with Crippen molar-refractivity contribution in [3.05, 3.63) is 29.8 Å². The lowest BCUT2D eigenvalue weighted by atomic mass is 9.91. The Morgan fingerprint density at radius 2 is 1.83 bits per heavy atom. The minimum atomic E-state index is 0.193. The molecule has 0 bridgehead atoms. The minimum absolute atomic E-state index is 0.193. The van der Waals surface area contributed by atoms with Crippen LogP contribution in [0.4, 0.5) is 0 Å². The molecule has 1 saturated heterocycles. The summed E-state index contributed by atoms with van der Waals surface area (Å²) in [5.41, 5.74) is 0.853. The first-order valence-corrected chi connectivity index (χ1v) is 7.76. The zero-order chi connectivity index (χ0) is 13.1. The molecule has 0 aliphatic carbocycles. The van der Waals surface area contributed by atoms with Crippen molar-refractivity contribution in [1.82, 2.24) is 4.90 Å². The molecule has 0 radical (unpaired) electrons. The molecule has 18 heavy (non-hydrogen) atoms. The fourth-order valence-electron chi connectivity index (χ4n) is 2.82. The predicted octanol–water partition coefficient (Wildman–Crippen LogP) is 3.53. The van der Waals surface area contributed by atoms with Crippen LogP contribution in [0.3, 0.4) is 0 Å². The molecular formula is C15H21NOS. The maximum absolute atomic E-state index is 12.6. The summed E-state index contributed by atoms with van der Waals surface area (Å²) in [7, 11) is 0. The largest absolute Gasteiger partial charge is 0.338 e. The van der Waals surface area contributed by atoms with Crippen molar-refractivity contribution in [2.24, 2.45) is 11.8 Å². The molecule has 1 aromatic rings. The summed E-state index contributed by atoms with van der Waals surface area (Å²) >= 11 is 1.64. The van der Waals surface area contributed by atoms with Crippen LogP contribution < -0.4 is 0 Å². The lowest BCUT2D eigenvalue weighted by molar-refractivity contribution is 0.0619. The maximum Gasteiger partial charge on any atom is 0.255 e. The molecule has 0 spiro atoms. The first-order valence-electron chi connectivity index (χ1n) is 6.54. The van der Waals surface area contributed by atoms with Crippen LogP contribution in [-0.4, -0.2) is 30.2 Å². The van der Waals surface area contributed by atoms with E-state index < -0.39 is 0 Å². The molecule has 0 N–H and O–H groups in total. The fourth-order valence-corrected chi connectivity index (χ4v) is 3.41. The summed E-state index contributed by atoms with van der Waals surface area (Å²) in [5, 5.41) is 0. The van der Waals surface area contributed by atoms with E-state index in [2.05, 4.69) is 13.8 Å². The van der Waals surface area contributed by atoms with Crippen molar-refractivity contribution in [2.45, 2.75) is 25.2 Å². The normalized spacial score (nSPS) is 24.1. The number of amides is 1. The second-order valence-corrected chi connectivity index (χ2v) is 6.20. The second kappa shape index (κ2) is 5.79. The van der Waals surface area contributed by atoms with Crippen LogP contribution in [0.15, 0.2) is 29.2 Å². The third-order valence-corrected chi connectivity index (χ3v) is 4.29. The Balaban J connectivity index is 2.20. The summed E-state index contributed by atoms with van der Waals surface area (Å²) in [4.78, 5) is 15.7. The Hall–Kier alpha value is -0.960. The Labute approximate surface area is 114 Å². The molecule has 0 saturated carbocycles. The third kappa shape index (κ3) is 2.89. The number of benzene rings is 1. The minimum Gasteiger partial charge on any atom is -0.338 e. The van der Waals surface area contributed by atoms with Gasteiger partial charge in [-0.3, -0.25) is 4.79 Å². The molecule has 0 unspecified atom stereocenters. The molecule has 1 aromatic carbocycles. The van der Waals surface area contributed by atoms with E-state index in [9.17, 15) is 4.79 Å². The number of hydrogen-bond donors (Lipinski definition) is 0. The first kappa shape index (κ1) is 13.5. The highest BCUT2D eigenvalue weighted by Gasteiger charge is 2.26. The molecule has 2 nitrogen and oxygen atoms in total. The number of carbonyl (C=O) groups is 1. The fraction of sp³-hybridized carbons (Fsp3) is 0.533. The van der Waals surface area contributed by atoms with Crippen LogP contribution in [0.2, 0.25) is 0 Å². The third-order valence-electron chi connectivity index (χ3n) is 3.49. The zero-order valence-electron chi connectivity index (χ0n) is 11.3. The van der Waals surface area contributed by atoms with Gasteiger partial charge in [0.2, 0.25) is 0 Å². The molecule has 0 aromatic heterocycles. The highest BCUT2D eigenvalue weighted by Crippen LogP contribution is 2.26. The van der Waals surface area contributed by atoms with Crippen LogP contribution in [0.1, 0.15) is 30.6 Å². The van der Waals surface area contributed by atoms with Gasteiger partial charge < -0.3 is 4.90 Å². The Kier molecular flexibility index (Phi) is 4.33. The highest BCUT2D eigenvalue weighted by atomic mass is 32.2. The highest BCUT2D eigenvalue weighted by molar-refractivity contribution is 7.98. The number of rotatable bonds is 2. The van der Waals surface area contributed by atoms with Crippen molar-refractivity contribution < 1.29 is 4.79 Å². The van der Waals surface area contributed by atoms with E-state index in [1.54, 1.807) is 11.8 Å². The van der Waals surface area contributed by atoms with Crippen molar-refractivity contribution >= 4 is 17.7 Å². The van der Waals surface area contributed by atoms with Gasteiger partial charge in [0, 0.05) is 18.0 Å². The van der Waals surface area contributed by atoms with Gasteiger partial charge in [-0.25, -0.2) is 0 Å². The number of nitrogens with zero attached hydrogens (tertiary/aromatic N) is 1. The van der Waals surface area contributed by atoms with Gasteiger partial charge in [0.05, 0.1) is 5.56 Å². The molecule has 1 heterocycles. The molecule has 2 atom stereocenters. The number of carbonyl (C=O) groups excluding carboxylic acids is 1. The van der Waals surface area contributed by atoms with Crippen LogP contribution in [-0.2, 0) is 0 Å². The lowest BCUT2D eigenvalue weighted by Gasteiger charge is -2.35. The van der Waals surface area contributed by atoms with Crippen molar-refractivity contribution in [3.8, 4) is 0 Å². The second-order valence-electron chi connectivity index (χ2n) is 5.36. The van der Waals surface area contributed by atoms with Crippen molar-refractivity contribution in [2.75, 3.05) is 19.3 Å². The summed E-state index contributed by atoms with van der Waals surface area (Å²) in [6.07, 6.45) is 3.25. The van der Waals surface area contributed by atoms with E-state index in [-0.39, 0.29) is 5.91 Å². The van der Waals surface area contributed by atoms with Gasteiger partial charge in [0.15, 0.2) is 0 Å². The van der Waals surface area contributed by atoms with Gasteiger partial charge in [-0.2, -0.15) is 0 Å². The number of thioether (sulfide) groups is 1. The molecule has 1 aliphatic heterocycles. The standard InChI is InChI=1S/C15H21NOS/c1-11-8-12(2)10-16(9-11)15(17)13-6-4-5-7-14(13)18-3/h4-7,11-12H,8-10H2,1-3H3/t11-,12-/m1/s1. The molecule has 1 amide bonds. The van der Waals surface area contributed by atoms with E-state index >= 15 is 0 Å². The van der Waals surface area contributed by atoms with Crippen molar-refractivity contribution in [3.63, 3.8) is 0 Å². The van der Waals surface area contributed by atoms with E-state index in [4.69, 9.17) is 0 Å². The first-order chi connectivity index (χ1) is 8.61. The van der Waals surface area contributed by atoms with Crippen LogP contribution in [0, 0.1) is 11.8 Å². The van der Waals surface area contributed by atoms with Gasteiger partial charge in [0.1, 0.15) is 0 Å². The average Bonchev–Trinajstić information content (AvgIpc) is 2.36. The Bertz CT molecular complexity index is 422. The number of piperidine rings is 1. The van der Waals surface area contributed by atoms with E-state index in [0.717, 1.165) is 23.5 Å². The molecule has 3 heteroatoms. The maximum atomic E-state index is 12.6. The Morgan fingerprint density at radius 1 is 1.22 bits per heavy atom. The smallest absolute Gasteiger partial charge is 0.255 e. The van der Waals surface area contributed by atoms with Crippen LogP contribution in [0.25, 0.3) is 0 Å². The van der Waals surface area contributed by atoms with Crippen molar-refractivity contribution in [1.29, 1.82) is 0 Å². The van der Waals surface area contributed by atoms with Gasteiger partial charge in [-0.1, -0.05) is 26.0 Å². The number of likely N-dealkylation sites (tertiary alicyclic amines) is 1. The molecule has 1 aliphatic rings. The van der Waals surface area contributed by atoms with Crippen LogP contribution >= 0.6 is 11.8 Å². The lowest BCUT2D eigenvalue weighted by Crippen LogP contribution is -2.42. The van der Waals surface area contributed by atoms with Gasteiger partial charge in [-0.05, 0) is 36.6 Å². The van der Waals surface area contributed by atoms with E-state index in [0.29, 0.717) is 11.8 Å². The molecule has 2 rings (SSSR count).